The Kier molecular flexibility index (Phi) is 7.34. The summed E-state index contributed by atoms with van der Waals surface area (Å²) in [6.07, 6.45) is -4.49. The van der Waals surface area contributed by atoms with Gasteiger partial charge in [-0.05, 0) is 66.1 Å². The molecule has 196 valence electrons. The van der Waals surface area contributed by atoms with Crippen LogP contribution in [0.4, 0.5) is 23.2 Å². The summed E-state index contributed by atoms with van der Waals surface area (Å²) in [5, 5.41) is 7.26. The Hall–Kier alpha value is -4.47. The molecule has 0 spiro atoms. The Labute approximate surface area is 215 Å². The van der Waals surface area contributed by atoms with E-state index in [9.17, 15) is 27.2 Å². The summed E-state index contributed by atoms with van der Waals surface area (Å²) in [6, 6.07) is 16.2. The number of alkyl halides is 3. The quantitative estimate of drug-likeness (QED) is 0.217. The highest BCUT2D eigenvalue weighted by Crippen LogP contribution is 2.39. The number of carbonyl (C=O) groups excluding carboxylic acids is 2. The molecule has 1 heterocycles. The van der Waals surface area contributed by atoms with Crippen molar-refractivity contribution in [3.63, 3.8) is 0 Å². The van der Waals surface area contributed by atoms with E-state index in [0.717, 1.165) is 24.3 Å². The first kappa shape index (κ1) is 26.6. The Bertz CT molecular complexity index is 1470. The van der Waals surface area contributed by atoms with Gasteiger partial charge < -0.3 is 10.1 Å². The molecule has 3 aromatic carbocycles. The highest BCUT2D eigenvalue weighted by molar-refractivity contribution is 6.04. The molecular weight excluding hydrogens is 502 g/mol. The number of hydrogen-bond donors (Lipinski definition) is 1. The van der Waals surface area contributed by atoms with Gasteiger partial charge in [0.25, 0.3) is 5.91 Å². The molecule has 0 aliphatic rings. The molecule has 0 saturated carbocycles. The molecule has 1 aromatic heterocycles. The molecule has 0 aliphatic carbocycles. The van der Waals surface area contributed by atoms with Crippen molar-refractivity contribution in [2.75, 3.05) is 5.32 Å². The number of anilines is 1. The van der Waals surface area contributed by atoms with Crippen LogP contribution < -0.4 is 10.1 Å². The Morgan fingerprint density at radius 2 is 1.63 bits per heavy atom. The van der Waals surface area contributed by atoms with Crippen molar-refractivity contribution in [1.82, 2.24) is 9.78 Å². The number of nitrogens with zero attached hydrogens (tertiary/aromatic N) is 2. The van der Waals surface area contributed by atoms with E-state index in [4.69, 9.17) is 4.74 Å². The van der Waals surface area contributed by atoms with E-state index >= 15 is 0 Å². The van der Waals surface area contributed by atoms with Crippen molar-refractivity contribution < 1.29 is 31.9 Å². The maximum absolute atomic E-state index is 13.9. The third kappa shape index (κ3) is 5.74. The van der Waals surface area contributed by atoms with Gasteiger partial charge in [-0.15, -0.1) is 0 Å². The van der Waals surface area contributed by atoms with Crippen molar-refractivity contribution >= 4 is 17.6 Å². The fourth-order valence-electron chi connectivity index (χ4n) is 3.84. The molecule has 0 atom stereocenters. The molecule has 4 rings (SSSR count). The second kappa shape index (κ2) is 10.5. The normalized spacial score (nSPS) is 11.5. The van der Waals surface area contributed by atoms with Crippen LogP contribution in [0.25, 0.3) is 16.8 Å². The zero-order valence-corrected chi connectivity index (χ0v) is 20.6. The van der Waals surface area contributed by atoms with Crippen LogP contribution in [0, 0.1) is 5.82 Å². The predicted octanol–water partition coefficient (Wildman–Crippen LogP) is 7.00. The van der Waals surface area contributed by atoms with Gasteiger partial charge in [0.1, 0.15) is 5.82 Å². The summed E-state index contributed by atoms with van der Waals surface area (Å²) in [4.78, 5) is 24.5. The van der Waals surface area contributed by atoms with Crippen molar-refractivity contribution in [2.45, 2.75) is 32.9 Å². The Morgan fingerprint density at radius 1 is 0.974 bits per heavy atom. The average molecular weight is 526 g/mol. The lowest BCUT2D eigenvalue weighted by molar-refractivity contribution is -0.137. The van der Waals surface area contributed by atoms with Crippen LogP contribution in [-0.4, -0.2) is 21.7 Å². The van der Waals surface area contributed by atoms with Gasteiger partial charge in [0, 0.05) is 18.2 Å². The van der Waals surface area contributed by atoms with Gasteiger partial charge >= 0.3 is 12.1 Å². The maximum atomic E-state index is 13.9. The second-order valence-electron chi connectivity index (χ2n) is 8.81. The van der Waals surface area contributed by atoms with Crippen molar-refractivity contribution in [3.8, 4) is 22.7 Å². The van der Waals surface area contributed by atoms with E-state index in [1.54, 1.807) is 30.3 Å². The number of amides is 1. The number of hydrogen-bond acceptors (Lipinski definition) is 4. The molecule has 0 bridgehead atoms. The number of benzene rings is 3. The lowest BCUT2D eigenvalue weighted by atomic mass is 9.99. The smallest absolute Gasteiger partial charge is 0.407 e. The third-order valence-electron chi connectivity index (χ3n) is 5.62. The molecule has 0 aliphatic heterocycles. The molecule has 38 heavy (non-hydrogen) atoms. The van der Waals surface area contributed by atoms with Gasteiger partial charge in [-0.3, -0.25) is 9.59 Å². The zero-order valence-electron chi connectivity index (χ0n) is 20.6. The lowest BCUT2D eigenvalue weighted by Gasteiger charge is -2.11. The molecule has 1 amide bonds. The number of nitrogens with one attached hydrogen (secondary N) is 1. The summed E-state index contributed by atoms with van der Waals surface area (Å²) >= 11 is 0. The van der Waals surface area contributed by atoms with Crippen LogP contribution in [0.5, 0.6) is 5.88 Å². The SMILES string of the molecule is CC(=O)Oc1c(-c2ccc(NC(=O)c3ccc(C(F)(F)F)cc3)cc2)c(C(C)C)nn1-c1cccc(F)c1. The number of rotatable bonds is 6. The Balaban J connectivity index is 1.67. The van der Waals surface area contributed by atoms with E-state index in [1.807, 2.05) is 13.8 Å². The van der Waals surface area contributed by atoms with E-state index < -0.39 is 29.4 Å². The summed E-state index contributed by atoms with van der Waals surface area (Å²) in [7, 11) is 0. The first-order valence-electron chi connectivity index (χ1n) is 11.6. The predicted molar refractivity (Wildman–Crippen MR) is 134 cm³/mol. The first-order chi connectivity index (χ1) is 17.9. The minimum absolute atomic E-state index is 0.0673. The molecular formula is C28H23F4N3O3. The number of ether oxygens (including phenoxy) is 1. The molecule has 0 unspecified atom stereocenters. The third-order valence-corrected chi connectivity index (χ3v) is 5.62. The van der Waals surface area contributed by atoms with Crippen molar-refractivity contribution in [1.29, 1.82) is 0 Å². The standard InChI is InChI=1S/C28H23F4N3O3/c1-16(2)25-24(27(38-17(3)36)35(34-25)23-6-4-5-21(29)15-23)18-9-13-22(14-10-18)33-26(37)19-7-11-20(12-8-19)28(30,31)32/h4-16H,1-3H3,(H,33,37). The monoisotopic (exact) mass is 525 g/mol. The molecule has 0 radical (unpaired) electrons. The van der Waals surface area contributed by atoms with E-state index in [2.05, 4.69) is 10.4 Å². The molecule has 1 N–H and O–H groups in total. The fraction of sp³-hybridized carbons (Fsp3) is 0.179. The lowest BCUT2D eigenvalue weighted by Crippen LogP contribution is -2.12. The van der Waals surface area contributed by atoms with Crippen LogP contribution in [-0.2, 0) is 11.0 Å². The number of aromatic nitrogens is 2. The minimum atomic E-state index is -4.49. The molecule has 10 heteroatoms. The van der Waals surface area contributed by atoms with E-state index in [-0.39, 0.29) is 17.4 Å². The zero-order chi connectivity index (χ0) is 27.6. The second-order valence-corrected chi connectivity index (χ2v) is 8.81. The van der Waals surface area contributed by atoms with Crippen LogP contribution in [0.1, 0.15) is 48.3 Å². The summed E-state index contributed by atoms with van der Waals surface area (Å²) in [5.74, 6) is -1.61. The summed E-state index contributed by atoms with van der Waals surface area (Å²) in [5.41, 5.74) is 1.75. The van der Waals surface area contributed by atoms with Crippen molar-refractivity contribution in [3.05, 3.63) is 95.4 Å². The van der Waals surface area contributed by atoms with Gasteiger partial charge in [0.15, 0.2) is 0 Å². The number of esters is 1. The van der Waals surface area contributed by atoms with E-state index in [1.165, 1.54) is 29.8 Å². The van der Waals surface area contributed by atoms with Gasteiger partial charge in [-0.1, -0.05) is 32.0 Å². The molecule has 0 saturated heterocycles. The molecule has 4 aromatic rings. The highest BCUT2D eigenvalue weighted by atomic mass is 19.4. The maximum Gasteiger partial charge on any atom is 0.416 e. The first-order valence-corrected chi connectivity index (χ1v) is 11.6. The van der Waals surface area contributed by atoms with Crippen LogP contribution in [0.3, 0.4) is 0 Å². The van der Waals surface area contributed by atoms with Crippen molar-refractivity contribution in [2.24, 2.45) is 0 Å². The largest absolute Gasteiger partial charge is 0.416 e. The highest BCUT2D eigenvalue weighted by Gasteiger charge is 2.30. The van der Waals surface area contributed by atoms with Gasteiger partial charge in [-0.25, -0.2) is 4.39 Å². The Morgan fingerprint density at radius 3 is 2.18 bits per heavy atom. The molecule has 6 nitrogen and oxygen atoms in total. The average Bonchev–Trinajstić information content (AvgIpc) is 3.23. The van der Waals surface area contributed by atoms with Gasteiger partial charge in [0.2, 0.25) is 5.88 Å². The number of halogens is 4. The fourth-order valence-corrected chi connectivity index (χ4v) is 3.84. The topological polar surface area (TPSA) is 73.2 Å². The number of carbonyl (C=O) groups is 2. The summed E-state index contributed by atoms with van der Waals surface area (Å²) in [6.45, 7) is 5.08. The summed E-state index contributed by atoms with van der Waals surface area (Å²) < 4.78 is 59.2. The minimum Gasteiger partial charge on any atom is -0.407 e. The van der Waals surface area contributed by atoms with E-state index in [0.29, 0.717) is 28.2 Å². The van der Waals surface area contributed by atoms with Gasteiger partial charge in [0.05, 0.1) is 22.5 Å². The van der Waals surface area contributed by atoms with Crippen LogP contribution in [0.15, 0.2) is 72.8 Å². The molecule has 0 fully saturated rings. The van der Waals surface area contributed by atoms with Gasteiger partial charge in [-0.2, -0.15) is 23.0 Å². The van der Waals surface area contributed by atoms with Crippen LogP contribution >= 0.6 is 0 Å². The van der Waals surface area contributed by atoms with Crippen LogP contribution in [0.2, 0.25) is 0 Å².